The number of piperidine rings is 1. The van der Waals surface area contributed by atoms with E-state index < -0.39 is 10.2 Å². The number of hydrogen-bond acceptors (Lipinski definition) is 4. The summed E-state index contributed by atoms with van der Waals surface area (Å²) in [6, 6.07) is 6.60. The van der Waals surface area contributed by atoms with Gasteiger partial charge in [0.2, 0.25) is 0 Å². The van der Waals surface area contributed by atoms with Crippen LogP contribution in [0.1, 0.15) is 40.5 Å². The molecule has 3 saturated heterocycles. The van der Waals surface area contributed by atoms with Crippen molar-refractivity contribution in [3.63, 3.8) is 0 Å². The van der Waals surface area contributed by atoms with Gasteiger partial charge in [0.05, 0.1) is 0 Å². The summed E-state index contributed by atoms with van der Waals surface area (Å²) in [6.45, 7) is 2.78. The molecule has 142 valence electrons. The minimum absolute atomic E-state index is 0.0831. The van der Waals surface area contributed by atoms with E-state index in [0.717, 1.165) is 12.8 Å². The van der Waals surface area contributed by atoms with Crippen LogP contribution in [0.5, 0.6) is 0 Å². The summed E-state index contributed by atoms with van der Waals surface area (Å²) in [5.74, 6) is -0.0874. The van der Waals surface area contributed by atoms with Crippen molar-refractivity contribution in [2.45, 2.75) is 25.8 Å². The average molecular weight is 379 g/mol. The van der Waals surface area contributed by atoms with Crippen LogP contribution in [-0.4, -0.2) is 73.4 Å². The molecule has 3 aliphatic rings. The predicted molar refractivity (Wildman–Crippen MR) is 98.2 cm³/mol. The summed E-state index contributed by atoms with van der Waals surface area (Å²) >= 11 is 0. The van der Waals surface area contributed by atoms with Crippen molar-refractivity contribution in [3.8, 4) is 0 Å². The number of Topliss-reactive ketones (excluding diaryl/α,β-unsaturated/α-hetero) is 1. The number of carbonyl (C=O) groups is 2. The minimum Gasteiger partial charge on any atom is -0.334 e. The lowest BCUT2D eigenvalue weighted by atomic mass is 9.94. The molecule has 1 aromatic carbocycles. The molecule has 0 spiro atoms. The van der Waals surface area contributed by atoms with Gasteiger partial charge < -0.3 is 4.90 Å². The molecule has 3 aliphatic heterocycles. The van der Waals surface area contributed by atoms with E-state index in [1.165, 1.54) is 29.6 Å². The van der Waals surface area contributed by atoms with Gasteiger partial charge >= 0.3 is 0 Å². The van der Waals surface area contributed by atoms with Crippen LogP contribution in [0.2, 0.25) is 0 Å². The number of amides is 1. The van der Waals surface area contributed by atoms with Gasteiger partial charge in [0, 0.05) is 50.9 Å². The molecule has 7 nitrogen and oxygen atoms in total. The second-order valence-corrected chi connectivity index (χ2v) is 9.44. The Hall–Kier alpha value is -1.77. The molecule has 1 aromatic rings. The number of carbonyl (C=O) groups excluding carboxylic acids is 2. The van der Waals surface area contributed by atoms with Crippen molar-refractivity contribution in [1.29, 1.82) is 0 Å². The highest BCUT2D eigenvalue weighted by atomic mass is 32.2. The maximum Gasteiger partial charge on any atom is 0.281 e. The molecule has 2 bridgehead atoms. The lowest BCUT2D eigenvalue weighted by Gasteiger charge is -2.36. The maximum atomic E-state index is 13.0. The average Bonchev–Trinajstić information content (AvgIpc) is 2.93. The van der Waals surface area contributed by atoms with E-state index in [4.69, 9.17) is 0 Å². The van der Waals surface area contributed by atoms with Crippen molar-refractivity contribution < 1.29 is 18.0 Å². The minimum atomic E-state index is -3.50. The fraction of sp³-hybridized carbons (Fsp3) is 0.556. The highest BCUT2D eigenvalue weighted by Gasteiger charge is 2.41. The summed E-state index contributed by atoms with van der Waals surface area (Å²) < 4.78 is 27.8. The van der Waals surface area contributed by atoms with Gasteiger partial charge in [-0.1, -0.05) is 12.1 Å². The van der Waals surface area contributed by atoms with E-state index in [0.29, 0.717) is 30.8 Å². The number of benzene rings is 1. The number of ketones is 1. The number of hydrogen-bond donors (Lipinski definition) is 0. The van der Waals surface area contributed by atoms with Crippen LogP contribution >= 0.6 is 0 Å². The van der Waals surface area contributed by atoms with E-state index in [1.54, 1.807) is 29.2 Å². The summed E-state index contributed by atoms with van der Waals surface area (Å²) in [7, 11) is -0.445. The highest BCUT2D eigenvalue weighted by Crippen LogP contribution is 2.31. The van der Waals surface area contributed by atoms with Crippen molar-refractivity contribution >= 4 is 21.9 Å². The zero-order valence-electron chi connectivity index (χ0n) is 15.4. The predicted octanol–water partition coefficient (Wildman–Crippen LogP) is 1.23. The molecule has 3 fully saturated rings. The van der Waals surface area contributed by atoms with Crippen LogP contribution in [0.3, 0.4) is 0 Å². The standard InChI is InChI=1S/C18H25N3O4S/c1-13(22)15-5-4-6-16(9-15)18(23)21-11-14-7-8-17(21)12-20(10-14)26(24,25)19(2)3/h4-6,9,14,17H,7-8,10-12H2,1-3H3. The van der Waals surface area contributed by atoms with E-state index in [1.807, 2.05) is 0 Å². The van der Waals surface area contributed by atoms with Crippen molar-refractivity contribution in [2.24, 2.45) is 5.92 Å². The van der Waals surface area contributed by atoms with Crippen molar-refractivity contribution in [1.82, 2.24) is 13.5 Å². The first-order valence-electron chi connectivity index (χ1n) is 8.79. The van der Waals surface area contributed by atoms with Gasteiger partial charge in [-0.05, 0) is 37.8 Å². The molecular weight excluding hydrogens is 354 g/mol. The Kier molecular flexibility index (Phi) is 5.18. The Morgan fingerprint density at radius 1 is 1.08 bits per heavy atom. The number of fused-ring (bicyclic) bond motifs is 4. The third kappa shape index (κ3) is 3.54. The molecule has 0 aromatic heterocycles. The summed E-state index contributed by atoms with van der Waals surface area (Å²) in [5.41, 5.74) is 0.986. The van der Waals surface area contributed by atoms with E-state index in [9.17, 15) is 18.0 Å². The molecule has 2 atom stereocenters. The first-order chi connectivity index (χ1) is 12.2. The smallest absolute Gasteiger partial charge is 0.281 e. The topological polar surface area (TPSA) is 78.0 Å². The molecule has 3 heterocycles. The van der Waals surface area contributed by atoms with Crippen LogP contribution in [0.15, 0.2) is 24.3 Å². The molecule has 2 unspecified atom stereocenters. The zero-order chi connectivity index (χ0) is 19.1. The Balaban J connectivity index is 1.86. The highest BCUT2D eigenvalue weighted by molar-refractivity contribution is 7.86. The van der Waals surface area contributed by atoms with Crippen molar-refractivity contribution in [3.05, 3.63) is 35.4 Å². The van der Waals surface area contributed by atoms with Gasteiger partial charge in [0.1, 0.15) is 0 Å². The number of rotatable bonds is 4. The van der Waals surface area contributed by atoms with Gasteiger partial charge in [-0.15, -0.1) is 0 Å². The van der Waals surface area contributed by atoms with Gasteiger partial charge in [0.25, 0.3) is 16.1 Å². The lowest BCUT2D eigenvalue weighted by Crippen LogP contribution is -2.48. The largest absolute Gasteiger partial charge is 0.334 e. The Morgan fingerprint density at radius 2 is 1.77 bits per heavy atom. The summed E-state index contributed by atoms with van der Waals surface area (Å²) in [4.78, 5) is 26.4. The van der Waals surface area contributed by atoms with Crippen LogP contribution in [0.25, 0.3) is 0 Å². The normalized spacial score (nSPS) is 23.9. The van der Waals surface area contributed by atoms with Crippen LogP contribution in [0, 0.1) is 5.92 Å². The zero-order valence-corrected chi connectivity index (χ0v) is 16.2. The van der Waals surface area contributed by atoms with Crippen LogP contribution in [0.4, 0.5) is 0 Å². The molecule has 1 amide bonds. The van der Waals surface area contributed by atoms with Gasteiger partial charge in [-0.3, -0.25) is 9.59 Å². The first kappa shape index (κ1) is 19.0. The Morgan fingerprint density at radius 3 is 2.42 bits per heavy atom. The lowest BCUT2D eigenvalue weighted by molar-refractivity contribution is 0.0588. The fourth-order valence-corrected chi connectivity index (χ4v) is 4.97. The molecule has 26 heavy (non-hydrogen) atoms. The fourth-order valence-electron chi connectivity index (χ4n) is 3.74. The molecule has 0 aliphatic carbocycles. The third-order valence-electron chi connectivity index (χ3n) is 5.24. The Labute approximate surface area is 154 Å². The monoisotopic (exact) mass is 379 g/mol. The number of nitrogens with zero attached hydrogens (tertiary/aromatic N) is 3. The van der Waals surface area contributed by atoms with Crippen LogP contribution < -0.4 is 0 Å². The quantitative estimate of drug-likeness (QED) is 0.737. The molecule has 8 heteroatoms. The first-order valence-corrected chi connectivity index (χ1v) is 10.2. The SMILES string of the molecule is CC(=O)c1cccc(C(=O)N2CC3CCC2CN(S(=O)(=O)N(C)C)C3)c1. The van der Waals surface area contributed by atoms with Gasteiger partial charge in [-0.25, -0.2) is 0 Å². The van der Waals surface area contributed by atoms with Crippen molar-refractivity contribution in [2.75, 3.05) is 33.7 Å². The summed E-state index contributed by atoms with van der Waals surface area (Å²) in [5, 5.41) is 0. The van der Waals surface area contributed by atoms with Gasteiger partial charge in [-0.2, -0.15) is 17.0 Å². The molecule has 4 rings (SSSR count). The van der Waals surface area contributed by atoms with Crippen LogP contribution in [-0.2, 0) is 10.2 Å². The Bertz CT molecular complexity index is 821. The van der Waals surface area contributed by atoms with Gasteiger partial charge in [0.15, 0.2) is 5.78 Å². The molecular formula is C18H25N3O4S. The third-order valence-corrected chi connectivity index (χ3v) is 7.12. The van der Waals surface area contributed by atoms with E-state index in [-0.39, 0.29) is 23.7 Å². The maximum absolute atomic E-state index is 13.0. The van der Waals surface area contributed by atoms with E-state index >= 15 is 0 Å². The second kappa shape index (κ2) is 7.09. The molecule has 0 radical (unpaired) electrons. The summed E-state index contributed by atoms with van der Waals surface area (Å²) in [6.07, 6.45) is 1.71. The molecule has 0 N–H and O–H groups in total. The second-order valence-electron chi connectivity index (χ2n) is 7.30. The molecule has 0 saturated carbocycles. The van der Waals surface area contributed by atoms with E-state index in [2.05, 4.69) is 0 Å².